The van der Waals surface area contributed by atoms with Crippen molar-refractivity contribution in [3.05, 3.63) is 88.5 Å². The zero-order valence-corrected chi connectivity index (χ0v) is 23.0. The molecule has 5 nitrogen and oxygen atoms in total. The summed E-state index contributed by atoms with van der Waals surface area (Å²) in [6.45, 7) is 5.27. The van der Waals surface area contributed by atoms with Crippen molar-refractivity contribution in [2.24, 2.45) is 5.92 Å². The number of thiocarbonyl (C=S) groups is 1. The van der Waals surface area contributed by atoms with Crippen LogP contribution in [-0.2, 0) is 18.8 Å². The fraction of sp³-hybridized carbons (Fsp3) is 0.310. The van der Waals surface area contributed by atoms with E-state index in [1.807, 2.05) is 38.1 Å². The van der Waals surface area contributed by atoms with Gasteiger partial charge in [-0.2, -0.15) is 26.3 Å². The standard InChI is InChI=1S/C29H27F6N3O2S/c1-15(2)26(41)38-25-21-7-5-4-6-17(21)12-24(25)40-23-9-8-18(28(30,31)32)14-22(23)37-27(39)36-20-11-16(3)10-19(13-20)29(33,34)35/h4-11,13-15,24-25H,12H2,1-3H3,(H,38,41)(H2,36,37,39)/t24-,25-/m0/s1. The largest absolute Gasteiger partial charge is 0.485 e. The van der Waals surface area contributed by atoms with Gasteiger partial charge in [-0.15, -0.1) is 0 Å². The van der Waals surface area contributed by atoms with E-state index >= 15 is 0 Å². The number of amides is 2. The molecule has 1 aliphatic carbocycles. The SMILES string of the molecule is Cc1cc(NC(=O)Nc2cc(C(F)(F)F)ccc2O[C@H]2Cc3ccccc3[C@@H]2NC(=S)C(C)C)cc(C(F)(F)F)c1. The number of carbonyl (C=O) groups is 1. The maximum absolute atomic E-state index is 13.5. The Morgan fingerprint density at radius 2 is 1.61 bits per heavy atom. The van der Waals surface area contributed by atoms with E-state index in [9.17, 15) is 31.1 Å². The van der Waals surface area contributed by atoms with Gasteiger partial charge in [0.05, 0.1) is 27.8 Å². The molecule has 0 unspecified atom stereocenters. The number of fused-ring (bicyclic) bond motifs is 1. The van der Waals surface area contributed by atoms with E-state index in [2.05, 4.69) is 16.0 Å². The molecule has 1 aliphatic rings. The van der Waals surface area contributed by atoms with Crippen molar-refractivity contribution in [2.75, 3.05) is 10.6 Å². The molecule has 12 heteroatoms. The molecule has 41 heavy (non-hydrogen) atoms. The fourth-order valence-electron chi connectivity index (χ4n) is 4.53. The molecule has 0 heterocycles. The topological polar surface area (TPSA) is 62.4 Å². The van der Waals surface area contributed by atoms with Gasteiger partial charge in [-0.25, -0.2) is 4.79 Å². The first-order valence-electron chi connectivity index (χ1n) is 12.6. The zero-order valence-electron chi connectivity index (χ0n) is 22.2. The molecule has 2 amide bonds. The predicted octanol–water partition coefficient (Wildman–Crippen LogP) is 8.29. The van der Waals surface area contributed by atoms with E-state index < -0.39 is 41.7 Å². The minimum absolute atomic E-state index is 0.0323. The van der Waals surface area contributed by atoms with Gasteiger partial charge in [0.2, 0.25) is 0 Å². The normalized spacial score (nSPS) is 16.7. The van der Waals surface area contributed by atoms with E-state index in [0.29, 0.717) is 11.4 Å². The van der Waals surface area contributed by atoms with E-state index in [4.69, 9.17) is 17.0 Å². The predicted molar refractivity (Wildman–Crippen MR) is 148 cm³/mol. The number of hydrogen-bond acceptors (Lipinski definition) is 3. The smallest absolute Gasteiger partial charge is 0.416 e. The molecule has 4 rings (SSSR count). The van der Waals surface area contributed by atoms with Crippen LogP contribution in [0.25, 0.3) is 0 Å². The van der Waals surface area contributed by atoms with Gasteiger partial charge in [-0.1, -0.05) is 50.3 Å². The Balaban J connectivity index is 1.63. The molecule has 3 aromatic carbocycles. The van der Waals surface area contributed by atoms with E-state index in [1.54, 1.807) is 0 Å². The lowest BCUT2D eigenvalue weighted by atomic mass is 10.1. The van der Waals surface area contributed by atoms with Crippen LogP contribution >= 0.6 is 12.2 Å². The second kappa shape index (κ2) is 11.6. The zero-order chi connectivity index (χ0) is 30.1. The number of anilines is 2. The Labute approximate surface area is 238 Å². The van der Waals surface area contributed by atoms with Gasteiger partial charge >= 0.3 is 18.4 Å². The van der Waals surface area contributed by atoms with Crippen LogP contribution in [0.5, 0.6) is 5.75 Å². The van der Waals surface area contributed by atoms with Crippen molar-refractivity contribution in [2.45, 2.75) is 51.7 Å². The number of rotatable bonds is 6. The first-order valence-corrected chi connectivity index (χ1v) is 13.1. The van der Waals surface area contributed by atoms with Crippen LogP contribution in [0.15, 0.2) is 60.7 Å². The number of aryl methyl sites for hydroxylation is 1. The van der Waals surface area contributed by atoms with Crippen LogP contribution < -0.4 is 20.7 Å². The molecule has 0 bridgehead atoms. The number of nitrogens with one attached hydrogen (secondary N) is 3. The van der Waals surface area contributed by atoms with Crippen molar-refractivity contribution in [1.82, 2.24) is 5.32 Å². The summed E-state index contributed by atoms with van der Waals surface area (Å²) in [5.74, 6) is -0.0154. The highest BCUT2D eigenvalue weighted by atomic mass is 32.1. The maximum Gasteiger partial charge on any atom is 0.416 e. The summed E-state index contributed by atoms with van der Waals surface area (Å²) in [5, 5.41) is 7.87. The summed E-state index contributed by atoms with van der Waals surface area (Å²) in [5.41, 5.74) is -0.365. The quantitative estimate of drug-likeness (QED) is 0.198. The Bertz CT molecular complexity index is 1460. The van der Waals surface area contributed by atoms with Gasteiger partial charge in [0.1, 0.15) is 11.9 Å². The van der Waals surface area contributed by atoms with Crippen LogP contribution in [-0.4, -0.2) is 17.1 Å². The third-order valence-corrected chi connectivity index (χ3v) is 7.09. The number of urea groups is 1. The van der Waals surface area contributed by atoms with Crippen molar-refractivity contribution >= 4 is 34.6 Å². The number of benzene rings is 3. The summed E-state index contributed by atoms with van der Waals surface area (Å²) in [7, 11) is 0. The second-order valence-electron chi connectivity index (χ2n) is 10.1. The summed E-state index contributed by atoms with van der Waals surface area (Å²) < 4.78 is 86.5. The highest BCUT2D eigenvalue weighted by Crippen LogP contribution is 2.39. The van der Waals surface area contributed by atoms with Crippen LogP contribution in [0.2, 0.25) is 0 Å². The van der Waals surface area contributed by atoms with Gasteiger partial charge < -0.3 is 20.7 Å². The summed E-state index contributed by atoms with van der Waals surface area (Å²) in [4.78, 5) is 13.4. The van der Waals surface area contributed by atoms with Crippen LogP contribution in [0.3, 0.4) is 0 Å². The monoisotopic (exact) mass is 595 g/mol. The number of alkyl halides is 6. The second-order valence-corrected chi connectivity index (χ2v) is 10.5. The van der Waals surface area contributed by atoms with Crippen LogP contribution in [0, 0.1) is 12.8 Å². The molecule has 0 fully saturated rings. The fourth-order valence-corrected chi connectivity index (χ4v) is 4.66. The first-order chi connectivity index (χ1) is 19.1. The van der Waals surface area contributed by atoms with Crippen LogP contribution in [0.1, 0.15) is 47.7 Å². The van der Waals surface area contributed by atoms with Gasteiger partial charge in [0.25, 0.3) is 0 Å². The first kappa shape index (κ1) is 30.2. The molecule has 0 radical (unpaired) electrons. The van der Waals surface area contributed by atoms with Gasteiger partial charge in [-0.3, -0.25) is 0 Å². The van der Waals surface area contributed by atoms with Gasteiger partial charge in [0, 0.05) is 18.0 Å². The molecule has 0 saturated carbocycles. The lowest BCUT2D eigenvalue weighted by molar-refractivity contribution is -0.138. The Hall–Kier alpha value is -3.80. The minimum Gasteiger partial charge on any atom is -0.485 e. The summed E-state index contributed by atoms with van der Waals surface area (Å²) in [6.07, 6.45) is -9.54. The molecule has 218 valence electrons. The lowest BCUT2D eigenvalue weighted by Gasteiger charge is -2.26. The third-order valence-electron chi connectivity index (χ3n) is 6.50. The molecule has 0 aromatic heterocycles. The van der Waals surface area contributed by atoms with Gasteiger partial charge in [0.15, 0.2) is 0 Å². The molecule has 2 atom stereocenters. The Morgan fingerprint density at radius 1 is 0.927 bits per heavy atom. The van der Waals surface area contributed by atoms with Crippen LogP contribution in [0.4, 0.5) is 42.5 Å². The van der Waals surface area contributed by atoms with E-state index in [-0.39, 0.29) is 28.6 Å². The molecule has 3 aromatic rings. The maximum atomic E-state index is 13.5. The highest BCUT2D eigenvalue weighted by Gasteiger charge is 2.36. The average Bonchev–Trinajstić information content (AvgIpc) is 3.20. The van der Waals surface area contributed by atoms with Crippen molar-refractivity contribution in [3.8, 4) is 5.75 Å². The third kappa shape index (κ3) is 7.29. The molecular weight excluding hydrogens is 568 g/mol. The van der Waals surface area contributed by atoms with Crippen molar-refractivity contribution < 1.29 is 35.9 Å². The van der Waals surface area contributed by atoms with Crippen molar-refractivity contribution in [1.29, 1.82) is 0 Å². The molecule has 0 saturated heterocycles. The Kier molecular flexibility index (Phi) is 8.53. The van der Waals surface area contributed by atoms with E-state index in [0.717, 1.165) is 41.5 Å². The Morgan fingerprint density at radius 3 is 2.27 bits per heavy atom. The highest BCUT2D eigenvalue weighted by molar-refractivity contribution is 7.80. The van der Waals surface area contributed by atoms with Gasteiger partial charge in [-0.05, 0) is 60.0 Å². The summed E-state index contributed by atoms with van der Waals surface area (Å²) in [6, 6.07) is 11.7. The summed E-state index contributed by atoms with van der Waals surface area (Å²) >= 11 is 5.48. The molecule has 0 spiro atoms. The molecule has 3 N–H and O–H groups in total. The average molecular weight is 596 g/mol. The number of hydrogen-bond donors (Lipinski definition) is 3. The molecule has 0 aliphatic heterocycles. The minimum atomic E-state index is -4.72. The number of ether oxygens (including phenoxy) is 1. The van der Waals surface area contributed by atoms with E-state index in [1.165, 1.54) is 13.0 Å². The lowest BCUT2D eigenvalue weighted by Crippen LogP contribution is -2.38. The number of carbonyl (C=O) groups excluding carboxylic acids is 1. The van der Waals surface area contributed by atoms with Crippen molar-refractivity contribution in [3.63, 3.8) is 0 Å². The number of halogens is 6. The molecular formula is C29H27F6N3O2S.